The number of aromatic nitrogens is 3. The van der Waals surface area contributed by atoms with E-state index in [1.165, 1.54) is 16.8 Å². The summed E-state index contributed by atoms with van der Waals surface area (Å²) in [5.74, 6) is 5.33. The van der Waals surface area contributed by atoms with E-state index in [0.717, 1.165) is 12.3 Å². The molecule has 28 heavy (non-hydrogen) atoms. The first-order valence-electron chi connectivity index (χ1n) is 8.31. The number of nitro groups is 1. The summed E-state index contributed by atoms with van der Waals surface area (Å²) < 4.78 is 49.8. The van der Waals surface area contributed by atoms with Crippen LogP contribution in [0.1, 0.15) is 24.1 Å². The molecule has 3 heterocycles. The predicted molar refractivity (Wildman–Crippen MR) is 89.5 cm³/mol. The monoisotopic (exact) mass is 396 g/mol. The van der Waals surface area contributed by atoms with E-state index in [0.29, 0.717) is 31.6 Å². The molecule has 8 nitrogen and oxygen atoms in total. The van der Waals surface area contributed by atoms with Crippen molar-refractivity contribution in [3.05, 3.63) is 45.9 Å². The van der Waals surface area contributed by atoms with E-state index >= 15 is 0 Å². The fourth-order valence-electron chi connectivity index (χ4n) is 2.47. The second-order valence-electron chi connectivity index (χ2n) is 5.93. The van der Waals surface area contributed by atoms with Gasteiger partial charge in [-0.1, -0.05) is 11.8 Å². The molecular weight excluding hydrogens is 381 g/mol. The third-order valence-corrected chi connectivity index (χ3v) is 3.80. The quantitative estimate of drug-likeness (QED) is 0.334. The van der Waals surface area contributed by atoms with Crippen LogP contribution in [0.15, 0.2) is 24.5 Å². The van der Waals surface area contributed by atoms with Gasteiger partial charge in [0.2, 0.25) is 0 Å². The fraction of sp³-hybridized carbons (Fsp3) is 0.412. The standard InChI is InChI=1S/C17H15F3N4O4/c18-17(19,20)14-6-5-12(8-21-14)4-2-1-3-7-27-13-9-23-10-15(24(25)26)22-16(23)28-11-13/h5-6,8,10,13H,1,3,7,9,11H2/t13-/m0/s1. The van der Waals surface area contributed by atoms with Crippen molar-refractivity contribution in [1.82, 2.24) is 14.5 Å². The highest BCUT2D eigenvalue weighted by molar-refractivity contribution is 5.32. The third kappa shape index (κ3) is 4.98. The van der Waals surface area contributed by atoms with E-state index < -0.39 is 16.8 Å². The number of rotatable bonds is 5. The second-order valence-corrected chi connectivity index (χ2v) is 5.93. The molecule has 0 amide bonds. The molecule has 2 aromatic rings. The van der Waals surface area contributed by atoms with E-state index in [1.807, 2.05) is 0 Å². The number of unbranched alkanes of at least 4 members (excludes halogenated alkanes) is 1. The molecule has 1 aliphatic rings. The Morgan fingerprint density at radius 2 is 2.25 bits per heavy atom. The molecule has 0 saturated heterocycles. The SMILES string of the molecule is O=[N+]([O-])c1cn2c(n1)OC[C@@H](OCCCC#Cc1ccc(C(F)(F)F)nc1)C2. The lowest BCUT2D eigenvalue weighted by Crippen LogP contribution is -2.32. The molecule has 3 rings (SSSR count). The first kappa shape index (κ1) is 19.6. The zero-order valence-corrected chi connectivity index (χ0v) is 14.5. The van der Waals surface area contributed by atoms with Crippen LogP contribution >= 0.6 is 0 Å². The van der Waals surface area contributed by atoms with E-state index in [1.54, 1.807) is 0 Å². The molecular formula is C17H15F3N4O4. The molecule has 0 aliphatic carbocycles. The second kappa shape index (κ2) is 8.26. The normalized spacial score (nSPS) is 15.9. The largest absolute Gasteiger partial charge is 0.443 e. The van der Waals surface area contributed by atoms with Gasteiger partial charge in [0.1, 0.15) is 24.6 Å². The minimum atomic E-state index is -4.46. The van der Waals surface area contributed by atoms with E-state index in [4.69, 9.17) is 9.47 Å². The van der Waals surface area contributed by atoms with Gasteiger partial charge < -0.3 is 19.6 Å². The number of halogens is 3. The third-order valence-electron chi connectivity index (χ3n) is 3.80. The zero-order chi connectivity index (χ0) is 20.1. The van der Waals surface area contributed by atoms with Crippen molar-refractivity contribution in [3.8, 4) is 17.9 Å². The molecule has 11 heteroatoms. The van der Waals surface area contributed by atoms with Gasteiger partial charge in [0.15, 0.2) is 0 Å². The van der Waals surface area contributed by atoms with Crippen molar-refractivity contribution in [2.75, 3.05) is 13.2 Å². The number of nitrogens with zero attached hydrogens (tertiary/aromatic N) is 4. The average Bonchev–Trinajstić information content (AvgIpc) is 3.08. The van der Waals surface area contributed by atoms with Gasteiger partial charge in [0, 0.05) is 29.8 Å². The first-order valence-corrected chi connectivity index (χ1v) is 8.31. The maximum atomic E-state index is 12.4. The van der Waals surface area contributed by atoms with Gasteiger partial charge in [0.25, 0.3) is 0 Å². The van der Waals surface area contributed by atoms with Crippen LogP contribution in [-0.2, 0) is 17.5 Å². The number of fused-ring (bicyclic) bond motifs is 1. The van der Waals surface area contributed by atoms with Crippen LogP contribution in [0, 0.1) is 22.0 Å². The summed E-state index contributed by atoms with van der Waals surface area (Å²) >= 11 is 0. The molecule has 0 radical (unpaired) electrons. The Bertz CT molecular complexity index is 900. The zero-order valence-electron chi connectivity index (χ0n) is 14.5. The Labute approximate surface area is 157 Å². The summed E-state index contributed by atoms with van der Waals surface area (Å²) in [4.78, 5) is 17.2. The Balaban J connectivity index is 1.40. The Hall–Kier alpha value is -3.13. The molecule has 148 valence electrons. The summed E-state index contributed by atoms with van der Waals surface area (Å²) in [5, 5.41) is 10.7. The van der Waals surface area contributed by atoms with Gasteiger partial charge in [-0.05, 0) is 23.5 Å². The van der Waals surface area contributed by atoms with Gasteiger partial charge in [-0.2, -0.15) is 13.2 Å². The Morgan fingerprint density at radius 3 is 2.93 bits per heavy atom. The van der Waals surface area contributed by atoms with Crippen LogP contribution in [0.5, 0.6) is 6.01 Å². The highest BCUT2D eigenvalue weighted by atomic mass is 19.4. The first-order chi connectivity index (χ1) is 13.3. The van der Waals surface area contributed by atoms with Gasteiger partial charge in [-0.3, -0.25) is 9.55 Å². The molecule has 0 spiro atoms. The number of alkyl halides is 3. The summed E-state index contributed by atoms with van der Waals surface area (Å²) in [6, 6.07) is 2.37. The molecule has 2 aromatic heterocycles. The fourth-order valence-corrected chi connectivity index (χ4v) is 2.47. The highest BCUT2D eigenvalue weighted by Gasteiger charge is 2.32. The summed E-state index contributed by atoms with van der Waals surface area (Å²) in [6.45, 7) is 1.05. The van der Waals surface area contributed by atoms with Crippen molar-refractivity contribution >= 4 is 5.82 Å². The van der Waals surface area contributed by atoms with Crippen molar-refractivity contribution in [3.63, 3.8) is 0 Å². The van der Waals surface area contributed by atoms with Crippen molar-refractivity contribution < 1.29 is 27.6 Å². The van der Waals surface area contributed by atoms with Crippen molar-refractivity contribution in [1.29, 1.82) is 0 Å². The van der Waals surface area contributed by atoms with Crippen LogP contribution in [0.3, 0.4) is 0 Å². The molecule has 0 bridgehead atoms. The van der Waals surface area contributed by atoms with Crippen molar-refractivity contribution in [2.45, 2.75) is 31.7 Å². The number of hydrogen-bond acceptors (Lipinski definition) is 6. The molecule has 0 fully saturated rings. The number of ether oxygens (including phenoxy) is 2. The minimum Gasteiger partial charge on any atom is -0.443 e. The van der Waals surface area contributed by atoms with Gasteiger partial charge in [-0.25, -0.2) is 0 Å². The highest BCUT2D eigenvalue weighted by Crippen LogP contribution is 2.27. The topological polar surface area (TPSA) is 92.3 Å². The molecule has 0 aromatic carbocycles. The average molecular weight is 396 g/mol. The molecule has 1 aliphatic heterocycles. The van der Waals surface area contributed by atoms with Crippen LogP contribution in [0.4, 0.5) is 19.0 Å². The Morgan fingerprint density at radius 1 is 1.43 bits per heavy atom. The Kier molecular flexibility index (Phi) is 5.79. The predicted octanol–water partition coefficient (Wildman–Crippen LogP) is 2.81. The van der Waals surface area contributed by atoms with E-state index in [2.05, 4.69) is 21.8 Å². The summed E-state index contributed by atoms with van der Waals surface area (Å²) in [7, 11) is 0. The van der Waals surface area contributed by atoms with Crippen LogP contribution in [0.2, 0.25) is 0 Å². The summed E-state index contributed by atoms with van der Waals surface area (Å²) in [5.41, 5.74) is -0.545. The van der Waals surface area contributed by atoms with Crippen LogP contribution < -0.4 is 4.74 Å². The van der Waals surface area contributed by atoms with Gasteiger partial charge in [-0.15, -0.1) is 0 Å². The molecule has 0 unspecified atom stereocenters. The number of pyridine rings is 1. The smallest absolute Gasteiger partial charge is 0.433 e. The molecule has 1 atom stereocenters. The van der Waals surface area contributed by atoms with E-state index in [-0.39, 0.29) is 24.5 Å². The lowest BCUT2D eigenvalue weighted by molar-refractivity contribution is -0.389. The summed E-state index contributed by atoms with van der Waals surface area (Å²) in [6.07, 6.45) is -1.21. The van der Waals surface area contributed by atoms with Gasteiger partial charge in [0.05, 0.1) is 6.54 Å². The van der Waals surface area contributed by atoms with Gasteiger partial charge >= 0.3 is 18.0 Å². The molecule has 0 saturated carbocycles. The number of imidazole rings is 1. The lowest BCUT2D eigenvalue weighted by Gasteiger charge is -2.22. The minimum absolute atomic E-state index is 0.197. The maximum absolute atomic E-state index is 12.4. The molecule has 0 N–H and O–H groups in total. The number of hydrogen-bond donors (Lipinski definition) is 0. The van der Waals surface area contributed by atoms with E-state index in [9.17, 15) is 23.3 Å². The van der Waals surface area contributed by atoms with Crippen LogP contribution in [0.25, 0.3) is 0 Å². The van der Waals surface area contributed by atoms with Crippen molar-refractivity contribution in [2.24, 2.45) is 0 Å². The van der Waals surface area contributed by atoms with Crippen LogP contribution in [-0.4, -0.2) is 38.8 Å². The lowest BCUT2D eigenvalue weighted by atomic mass is 10.2. The maximum Gasteiger partial charge on any atom is 0.433 e.